The summed E-state index contributed by atoms with van der Waals surface area (Å²) in [5.41, 5.74) is 0.0995. The van der Waals surface area contributed by atoms with Crippen LogP contribution in [0, 0.1) is 0 Å². The molecule has 0 radical (unpaired) electrons. The first-order valence-corrected chi connectivity index (χ1v) is 3.10. The minimum atomic E-state index is -1.89. The first-order valence-electron chi connectivity index (χ1n) is 1.92. The predicted octanol–water partition coefficient (Wildman–Crippen LogP) is -1.70. The number of hydrogen-bond donors (Lipinski definition) is 1. The van der Waals surface area contributed by atoms with Crippen LogP contribution in [0.2, 0.25) is 0 Å². The predicted molar refractivity (Wildman–Crippen MR) is 30.6 cm³/mol. The molecule has 48 valence electrons. The van der Waals surface area contributed by atoms with Crippen LogP contribution in [0.4, 0.5) is 0 Å². The summed E-state index contributed by atoms with van der Waals surface area (Å²) in [5.74, 6) is 0. The molecule has 0 aromatic heterocycles. The van der Waals surface area contributed by atoms with Crippen LogP contribution in [-0.4, -0.2) is 17.8 Å². The summed E-state index contributed by atoms with van der Waals surface area (Å²) in [6, 6.07) is 0. The average Bonchev–Trinajstić information content (AvgIpc) is 1.84. The van der Waals surface area contributed by atoms with E-state index in [1.54, 1.807) is 0 Å². The third-order valence-corrected chi connectivity index (χ3v) is 1.52. The molecule has 0 heterocycles. The third kappa shape index (κ3) is 5.00. The van der Waals surface area contributed by atoms with Crippen molar-refractivity contribution < 1.29 is 45.3 Å². The van der Waals surface area contributed by atoms with Gasteiger partial charge in [-0.3, -0.25) is 0 Å². The van der Waals surface area contributed by atoms with E-state index in [1.807, 2.05) is 0 Å². The van der Waals surface area contributed by atoms with E-state index in [1.165, 1.54) is 14.0 Å². The van der Waals surface area contributed by atoms with Crippen LogP contribution < -0.4 is 29.6 Å². The zero-order valence-corrected chi connectivity index (χ0v) is 8.55. The van der Waals surface area contributed by atoms with Gasteiger partial charge in [0.1, 0.15) is 0 Å². The molecule has 0 saturated heterocycles. The zero-order valence-electron chi connectivity index (χ0n) is 6.66. The smallest absolute Gasteiger partial charge is 1.00 e. The topological polar surface area (TPSA) is 58.9 Å². The van der Waals surface area contributed by atoms with Crippen LogP contribution in [0.3, 0.4) is 0 Å². The van der Waals surface area contributed by atoms with Crippen LogP contribution in [0.25, 0.3) is 0 Å². The minimum Gasteiger partial charge on any atom is -1.00 e. The van der Waals surface area contributed by atoms with Gasteiger partial charge >= 0.3 is 43.0 Å². The molecule has 0 aliphatic carbocycles. The molecule has 0 aromatic rings. The minimum absolute atomic E-state index is 0. The average molecular weight is 160 g/mol. The maximum Gasteiger partial charge on any atom is 1.00 e. The largest absolute Gasteiger partial charge is 1.00 e. The number of rotatable bonds is 2. The molecule has 0 saturated carbocycles. The van der Waals surface area contributed by atoms with E-state index in [0.717, 1.165) is 0 Å². The second-order valence-electron chi connectivity index (χ2n) is 1.09. The molecule has 1 unspecified atom stereocenters. The van der Waals surface area contributed by atoms with Gasteiger partial charge in [0.25, 0.3) is 0 Å². The van der Waals surface area contributed by atoms with E-state index >= 15 is 0 Å². The fourth-order valence-corrected chi connectivity index (χ4v) is 0.506. The van der Waals surface area contributed by atoms with E-state index in [4.69, 9.17) is 5.21 Å². The maximum atomic E-state index is 10.4. The van der Waals surface area contributed by atoms with E-state index in [2.05, 4.69) is 9.68 Å². The normalized spacial score (nSPS) is 12.2. The Bertz CT molecular complexity index is 131. The molecule has 0 amide bonds. The van der Waals surface area contributed by atoms with Crippen molar-refractivity contribution in [3.63, 3.8) is 0 Å². The van der Waals surface area contributed by atoms with Gasteiger partial charge in [0.2, 0.25) is 0 Å². The fourth-order valence-electron chi connectivity index (χ4n) is 0.169. The molecule has 0 aliphatic heterocycles. The van der Waals surface area contributed by atoms with Crippen molar-refractivity contribution in [2.75, 3.05) is 7.11 Å². The van der Waals surface area contributed by atoms with Crippen LogP contribution in [0.1, 0.15) is 8.35 Å². The summed E-state index contributed by atoms with van der Waals surface area (Å²) in [4.78, 5) is 0. The van der Waals surface area contributed by atoms with Crippen LogP contribution >= 0.6 is 8.03 Å². The van der Waals surface area contributed by atoms with Crippen molar-refractivity contribution in [1.82, 2.24) is 0 Å². The molecule has 9 heavy (non-hydrogen) atoms. The number of hydrogen-bond acceptors (Lipinski definition) is 4. The van der Waals surface area contributed by atoms with E-state index in [0.29, 0.717) is 0 Å². The van der Waals surface area contributed by atoms with E-state index in [9.17, 15) is 4.57 Å². The van der Waals surface area contributed by atoms with Crippen LogP contribution in [0.15, 0.2) is 5.16 Å². The molecule has 0 rings (SSSR count). The van der Waals surface area contributed by atoms with Crippen LogP contribution in [0.5, 0.6) is 0 Å². The van der Waals surface area contributed by atoms with Crippen molar-refractivity contribution in [1.29, 1.82) is 0 Å². The Hall–Kier alpha value is 0.530. The monoisotopic (exact) mass is 160 g/mol. The number of oxime groups is 1. The Kier molecular flexibility index (Phi) is 9.03. The molecule has 0 aliphatic rings. The molecule has 0 fully saturated rings. The summed E-state index contributed by atoms with van der Waals surface area (Å²) >= 11 is 0. The molecule has 4 nitrogen and oxygen atoms in total. The molecule has 6 heteroatoms. The van der Waals surface area contributed by atoms with Crippen molar-refractivity contribution in [3.8, 4) is 0 Å². The Morgan fingerprint density at radius 3 is 2.44 bits per heavy atom. The van der Waals surface area contributed by atoms with E-state index in [-0.39, 0.29) is 36.4 Å². The molecular weight excluding hydrogens is 152 g/mol. The summed E-state index contributed by atoms with van der Waals surface area (Å²) in [5, 5.41) is 10.6. The fraction of sp³-hybridized carbons (Fsp3) is 0.667. The van der Waals surface area contributed by atoms with Crippen molar-refractivity contribution in [2.45, 2.75) is 6.92 Å². The second-order valence-corrected chi connectivity index (χ2v) is 2.61. The first kappa shape index (κ1) is 12.2. The summed E-state index contributed by atoms with van der Waals surface area (Å²) in [7, 11) is -0.605. The number of nitrogens with zero attached hydrogens (tertiary/aromatic N) is 1. The first-order chi connectivity index (χ1) is 3.72. The van der Waals surface area contributed by atoms with Gasteiger partial charge in [-0.05, 0) is 9.72 Å². The summed E-state index contributed by atoms with van der Waals surface area (Å²) < 4.78 is 14.7. The summed E-state index contributed by atoms with van der Waals surface area (Å²) in [6.45, 7) is 1.42. The van der Waals surface area contributed by atoms with Gasteiger partial charge in [0, 0.05) is 6.92 Å². The van der Waals surface area contributed by atoms with Gasteiger partial charge < -0.3 is 6.63 Å². The van der Waals surface area contributed by atoms with Crippen molar-refractivity contribution >= 4 is 13.5 Å². The molecule has 0 bridgehead atoms. The van der Waals surface area contributed by atoms with Gasteiger partial charge in [-0.25, -0.2) is 0 Å². The SMILES string of the molecule is CO[P+](=O)C(C)=NO.[H-].[Na+]. The Labute approximate surface area is 77.9 Å². The standard InChI is InChI=1S/C3H6NO3P.Na.H/c1-3(4-5)8(6)7-2;;/h1-2H3;;/q;+1;-1/p+1. The van der Waals surface area contributed by atoms with Gasteiger partial charge in [0.05, 0.1) is 7.11 Å². The Balaban J connectivity index is -0.000000245. The van der Waals surface area contributed by atoms with Gasteiger partial charge in [0.15, 0.2) is 0 Å². The van der Waals surface area contributed by atoms with Crippen molar-refractivity contribution in [2.24, 2.45) is 5.16 Å². The third-order valence-electron chi connectivity index (χ3n) is 0.575. The van der Waals surface area contributed by atoms with Gasteiger partial charge in [-0.2, -0.15) is 0 Å². The van der Waals surface area contributed by atoms with Crippen LogP contribution in [-0.2, 0) is 9.09 Å². The Morgan fingerprint density at radius 1 is 1.89 bits per heavy atom. The van der Waals surface area contributed by atoms with Gasteiger partial charge in [-0.15, -0.1) is 4.52 Å². The molecule has 1 N–H and O–H groups in total. The quantitative estimate of drug-likeness (QED) is 0.172. The molecule has 0 aromatic carbocycles. The second kappa shape index (κ2) is 6.65. The maximum absolute atomic E-state index is 10.4. The zero-order chi connectivity index (χ0) is 6.57. The summed E-state index contributed by atoms with van der Waals surface area (Å²) in [6.07, 6.45) is 0. The van der Waals surface area contributed by atoms with Crippen molar-refractivity contribution in [3.05, 3.63) is 0 Å². The van der Waals surface area contributed by atoms with E-state index < -0.39 is 8.03 Å². The van der Waals surface area contributed by atoms with Gasteiger partial charge in [-0.1, -0.05) is 0 Å². The molecular formula is C3H8NNaO3P+. The Morgan fingerprint density at radius 2 is 2.33 bits per heavy atom. The molecule has 0 spiro atoms. The molecule has 1 atom stereocenters.